The molecule has 6 heteroatoms. The summed E-state index contributed by atoms with van der Waals surface area (Å²) in [5.74, 6) is 0. The first-order valence-corrected chi connectivity index (χ1v) is 6.41. The van der Waals surface area contributed by atoms with E-state index >= 15 is 0 Å². The van der Waals surface area contributed by atoms with Gasteiger partial charge < -0.3 is 5.32 Å². The Bertz CT molecular complexity index is 539. The van der Waals surface area contributed by atoms with Gasteiger partial charge >= 0.3 is 0 Å². The normalized spacial score (nSPS) is 12.7. The van der Waals surface area contributed by atoms with Crippen LogP contribution in [0, 0.1) is 0 Å². The lowest BCUT2D eigenvalue weighted by atomic mass is 10.1. The summed E-state index contributed by atoms with van der Waals surface area (Å²) in [4.78, 5) is 4.33. The Balaban J connectivity index is 2.45. The van der Waals surface area contributed by atoms with Crippen molar-refractivity contribution >= 4 is 23.2 Å². The third-order valence-corrected chi connectivity index (χ3v) is 3.18. The van der Waals surface area contributed by atoms with E-state index in [1.807, 2.05) is 20.0 Å². The maximum Gasteiger partial charge on any atom is 0.0936 e. The van der Waals surface area contributed by atoms with E-state index in [2.05, 4.69) is 15.4 Å². The number of rotatable bonds is 4. The van der Waals surface area contributed by atoms with Crippen LogP contribution in [0.5, 0.6) is 0 Å². The molecule has 0 aliphatic rings. The number of hydrogen-bond acceptors (Lipinski definition) is 3. The van der Waals surface area contributed by atoms with Crippen LogP contribution in [0.2, 0.25) is 10.0 Å². The van der Waals surface area contributed by atoms with E-state index in [1.54, 1.807) is 23.1 Å². The van der Waals surface area contributed by atoms with Gasteiger partial charge in [0.05, 0.1) is 27.5 Å². The number of nitrogens with zero attached hydrogens (tertiary/aromatic N) is 3. The molecule has 0 aliphatic heterocycles. The van der Waals surface area contributed by atoms with Crippen LogP contribution in [0.15, 0.2) is 24.5 Å². The van der Waals surface area contributed by atoms with Gasteiger partial charge in [0.15, 0.2) is 0 Å². The first-order valence-electron chi connectivity index (χ1n) is 5.65. The van der Waals surface area contributed by atoms with E-state index in [4.69, 9.17) is 23.2 Å². The molecule has 1 atom stereocenters. The van der Waals surface area contributed by atoms with E-state index < -0.39 is 0 Å². The van der Waals surface area contributed by atoms with Gasteiger partial charge in [0.1, 0.15) is 0 Å². The fourth-order valence-electron chi connectivity index (χ4n) is 1.85. The summed E-state index contributed by atoms with van der Waals surface area (Å²) < 4.78 is 1.81. The molecule has 0 spiro atoms. The number of pyridine rings is 1. The number of halogens is 2. The minimum absolute atomic E-state index is 0.0905. The standard InChI is InChI=1S/C12H14Cl2N4/c1-3-15-12(10-4-5-17-18(10)2)11-9(14)6-8(13)7-16-11/h4-7,12,15H,3H2,1-2H3. The van der Waals surface area contributed by atoms with Crippen molar-refractivity contribution in [2.45, 2.75) is 13.0 Å². The van der Waals surface area contributed by atoms with E-state index in [0.29, 0.717) is 10.0 Å². The Morgan fingerprint density at radius 3 is 2.78 bits per heavy atom. The summed E-state index contributed by atoms with van der Waals surface area (Å²) >= 11 is 12.1. The van der Waals surface area contributed by atoms with Crippen LogP contribution < -0.4 is 5.32 Å². The molecule has 0 bridgehead atoms. The van der Waals surface area contributed by atoms with Gasteiger partial charge in [-0.1, -0.05) is 30.1 Å². The lowest BCUT2D eigenvalue weighted by Gasteiger charge is -2.18. The fourth-order valence-corrected chi connectivity index (χ4v) is 2.34. The van der Waals surface area contributed by atoms with E-state index in [9.17, 15) is 0 Å². The lowest BCUT2D eigenvalue weighted by molar-refractivity contribution is 0.562. The third kappa shape index (κ3) is 2.66. The minimum atomic E-state index is -0.0905. The fraction of sp³-hybridized carbons (Fsp3) is 0.333. The van der Waals surface area contributed by atoms with Crippen LogP contribution in [-0.2, 0) is 7.05 Å². The highest BCUT2D eigenvalue weighted by Crippen LogP contribution is 2.27. The number of aromatic nitrogens is 3. The maximum atomic E-state index is 6.21. The van der Waals surface area contributed by atoms with Crippen LogP contribution in [0.1, 0.15) is 24.4 Å². The molecule has 0 fully saturated rings. The Labute approximate surface area is 116 Å². The quantitative estimate of drug-likeness (QED) is 0.939. The third-order valence-electron chi connectivity index (χ3n) is 2.67. The summed E-state index contributed by atoms with van der Waals surface area (Å²) in [5, 5.41) is 8.61. The van der Waals surface area contributed by atoms with Crippen molar-refractivity contribution in [2.24, 2.45) is 7.05 Å². The van der Waals surface area contributed by atoms with Gasteiger partial charge in [0, 0.05) is 19.4 Å². The zero-order valence-corrected chi connectivity index (χ0v) is 11.7. The molecule has 0 amide bonds. The molecule has 18 heavy (non-hydrogen) atoms. The Morgan fingerprint density at radius 1 is 1.44 bits per heavy atom. The van der Waals surface area contributed by atoms with Gasteiger partial charge in [0.2, 0.25) is 0 Å². The lowest BCUT2D eigenvalue weighted by Crippen LogP contribution is -2.25. The smallest absolute Gasteiger partial charge is 0.0936 e. The molecule has 2 rings (SSSR count). The van der Waals surface area contributed by atoms with Crippen molar-refractivity contribution in [3.05, 3.63) is 46.0 Å². The highest BCUT2D eigenvalue weighted by Gasteiger charge is 2.20. The zero-order chi connectivity index (χ0) is 13.1. The zero-order valence-electron chi connectivity index (χ0n) is 10.2. The topological polar surface area (TPSA) is 42.7 Å². The van der Waals surface area contributed by atoms with Gasteiger partial charge in [-0.3, -0.25) is 9.67 Å². The molecule has 0 saturated heterocycles. The van der Waals surface area contributed by atoms with Gasteiger partial charge in [-0.05, 0) is 18.7 Å². The molecular formula is C12H14Cl2N4. The molecule has 1 N–H and O–H groups in total. The van der Waals surface area contributed by atoms with Crippen molar-refractivity contribution in [3.8, 4) is 0 Å². The van der Waals surface area contributed by atoms with Crippen molar-refractivity contribution < 1.29 is 0 Å². The predicted molar refractivity (Wildman–Crippen MR) is 73.0 cm³/mol. The summed E-state index contributed by atoms with van der Waals surface area (Å²) in [6.07, 6.45) is 3.35. The van der Waals surface area contributed by atoms with Crippen LogP contribution in [0.4, 0.5) is 0 Å². The van der Waals surface area contributed by atoms with E-state index in [0.717, 1.165) is 17.9 Å². The highest BCUT2D eigenvalue weighted by molar-refractivity contribution is 6.34. The monoisotopic (exact) mass is 284 g/mol. The van der Waals surface area contributed by atoms with Crippen molar-refractivity contribution in [1.82, 2.24) is 20.1 Å². The van der Waals surface area contributed by atoms with Gasteiger partial charge in [-0.25, -0.2) is 0 Å². The molecule has 4 nitrogen and oxygen atoms in total. The summed E-state index contributed by atoms with van der Waals surface area (Å²) in [6, 6.07) is 3.55. The molecule has 0 saturated carbocycles. The van der Waals surface area contributed by atoms with Gasteiger partial charge in [-0.2, -0.15) is 5.10 Å². The van der Waals surface area contributed by atoms with Crippen LogP contribution in [-0.4, -0.2) is 21.3 Å². The molecule has 0 aromatic carbocycles. The summed E-state index contributed by atoms with van der Waals surface area (Å²) in [7, 11) is 1.89. The first kappa shape index (κ1) is 13.3. The molecular weight excluding hydrogens is 271 g/mol. The van der Waals surface area contributed by atoms with Crippen molar-refractivity contribution in [2.75, 3.05) is 6.54 Å². The van der Waals surface area contributed by atoms with Gasteiger partial charge in [0.25, 0.3) is 0 Å². The second-order valence-electron chi connectivity index (χ2n) is 3.89. The average molecular weight is 285 g/mol. The molecule has 2 heterocycles. The Kier molecular flexibility index (Phi) is 4.22. The maximum absolute atomic E-state index is 6.21. The number of aryl methyl sites for hydroxylation is 1. The molecule has 1 unspecified atom stereocenters. The largest absolute Gasteiger partial charge is 0.304 e. The van der Waals surface area contributed by atoms with Crippen LogP contribution in [0.25, 0.3) is 0 Å². The Morgan fingerprint density at radius 2 is 2.22 bits per heavy atom. The SMILES string of the molecule is CCNC(c1ncc(Cl)cc1Cl)c1ccnn1C. The molecule has 96 valence electrons. The summed E-state index contributed by atoms with van der Waals surface area (Å²) in [6.45, 7) is 2.84. The Hall–Kier alpha value is -1.10. The molecule has 2 aromatic heterocycles. The van der Waals surface area contributed by atoms with E-state index in [-0.39, 0.29) is 6.04 Å². The molecule has 2 aromatic rings. The van der Waals surface area contributed by atoms with Crippen molar-refractivity contribution in [1.29, 1.82) is 0 Å². The molecule has 0 aliphatic carbocycles. The van der Waals surface area contributed by atoms with Crippen LogP contribution >= 0.6 is 23.2 Å². The number of nitrogens with one attached hydrogen (secondary N) is 1. The molecule has 0 radical (unpaired) electrons. The van der Waals surface area contributed by atoms with Crippen LogP contribution in [0.3, 0.4) is 0 Å². The first-order chi connectivity index (χ1) is 8.63. The predicted octanol–water partition coefficient (Wildman–Crippen LogP) is 2.82. The second kappa shape index (κ2) is 5.69. The minimum Gasteiger partial charge on any atom is -0.304 e. The number of hydrogen-bond donors (Lipinski definition) is 1. The average Bonchev–Trinajstić information content (AvgIpc) is 2.73. The second-order valence-corrected chi connectivity index (χ2v) is 4.73. The highest BCUT2D eigenvalue weighted by atomic mass is 35.5. The van der Waals surface area contributed by atoms with E-state index in [1.165, 1.54) is 0 Å². The van der Waals surface area contributed by atoms with Gasteiger partial charge in [-0.15, -0.1) is 0 Å². The van der Waals surface area contributed by atoms with Crippen molar-refractivity contribution in [3.63, 3.8) is 0 Å². The summed E-state index contributed by atoms with van der Waals surface area (Å²) in [5.41, 5.74) is 1.76.